The summed E-state index contributed by atoms with van der Waals surface area (Å²) < 4.78 is 30.1. The lowest BCUT2D eigenvalue weighted by Crippen LogP contribution is -2.12. The minimum atomic E-state index is -4.96. The summed E-state index contributed by atoms with van der Waals surface area (Å²) in [5.74, 6) is 0.386. The molecule has 0 bridgehead atoms. The smallest absolute Gasteiger partial charge is 0.340 e. The van der Waals surface area contributed by atoms with E-state index >= 15 is 0 Å². The van der Waals surface area contributed by atoms with Crippen LogP contribution < -0.4 is 4.74 Å². The summed E-state index contributed by atoms with van der Waals surface area (Å²) in [5, 5.41) is 2.27. The van der Waals surface area contributed by atoms with Crippen molar-refractivity contribution >= 4 is 20.8 Å². The molecule has 2 aromatic heterocycles. The van der Waals surface area contributed by atoms with Crippen molar-refractivity contribution in [2.45, 2.75) is 57.8 Å². The largest absolute Gasteiger partial charge is 0.477 e. The molecule has 158 valence electrons. The zero-order valence-corrected chi connectivity index (χ0v) is 17.7. The number of hydrogen-bond acceptors (Lipinski definition) is 5. The van der Waals surface area contributed by atoms with Crippen LogP contribution in [-0.2, 0) is 15.6 Å². The average molecular weight is 435 g/mol. The third kappa shape index (κ3) is 6.37. The molecule has 2 rings (SSSR count). The minimum absolute atomic E-state index is 0.0123. The Bertz CT molecular complexity index is 868. The molecule has 0 spiro atoms. The number of rotatable bonds is 11. The summed E-state index contributed by atoms with van der Waals surface area (Å²) in [7, 11) is -9.92. The highest BCUT2D eigenvalue weighted by Crippen LogP contribution is 2.61. The van der Waals surface area contributed by atoms with Gasteiger partial charge in [0.15, 0.2) is 11.0 Å². The molecule has 4 N–H and O–H groups in total. The molecular weight excluding hydrogens is 408 g/mol. The van der Waals surface area contributed by atoms with Crippen LogP contribution in [0.5, 0.6) is 5.88 Å². The quantitative estimate of drug-likeness (QED) is 0.308. The van der Waals surface area contributed by atoms with E-state index in [1.807, 2.05) is 0 Å². The monoisotopic (exact) mass is 435 g/mol. The zero-order valence-electron chi connectivity index (χ0n) is 15.9. The van der Waals surface area contributed by atoms with Crippen molar-refractivity contribution in [1.29, 1.82) is 0 Å². The second kappa shape index (κ2) is 9.48. The van der Waals surface area contributed by atoms with Gasteiger partial charge in [-0.2, -0.15) is 0 Å². The van der Waals surface area contributed by atoms with Crippen molar-refractivity contribution in [2.24, 2.45) is 0 Å². The van der Waals surface area contributed by atoms with Crippen LogP contribution in [0, 0.1) is 6.92 Å². The second-order valence-electron chi connectivity index (χ2n) is 6.75. The number of nitrogens with zero attached hydrogens (tertiary/aromatic N) is 3. The van der Waals surface area contributed by atoms with Crippen molar-refractivity contribution in [3.05, 3.63) is 23.5 Å². The average Bonchev–Trinajstić information content (AvgIpc) is 2.94. The van der Waals surface area contributed by atoms with Gasteiger partial charge in [0, 0.05) is 17.5 Å². The van der Waals surface area contributed by atoms with Gasteiger partial charge in [-0.25, -0.2) is 9.50 Å². The first-order valence-electron chi connectivity index (χ1n) is 9.12. The van der Waals surface area contributed by atoms with Gasteiger partial charge in [0.25, 0.3) is 0 Å². The van der Waals surface area contributed by atoms with E-state index in [-0.39, 0.29) is 12.8 Å². The van der Waals surface area contributed by atoms with Gasteiger partial charge in [-0.1, -0.05) is 26.2 Å². The first kappa shape index (κ1) is 23.0. The maximum atomic E-state index is 11.5. The fourth-order valence-electron chi connectivity index (χ4n) is 2.92. The Kier molecular flexibility index (Phi) is 7.79. The SMILES string of the molecule is CCCCCCOc1cc2nc(C)cc(CCC(P(=O)(O)O)P(=O)(O)O)n2n1. The van der Waals surface area contributed by atoms with Gasteiger partial charge in [0.05, 0.1) is 6.61 Å². The summed E-state index contributed by atoms with van der Waals surface area (Å²) in [6.45, 7) is 4.41. The maximum absolute atomic E-state index is 11.5. The van der Waals surface area contributed by atoms with Gasteiger partial charge in [0.2, 0.25) is 5.88 Å². The van der Waals surface area contributed by atoms with Crippen LogP contribution in [0.4, 0.5) is 0 Å². The Labute approximate surface area is 163 Å². The van der Waals surface area contributed by atoms with E-state index in [9.17, 15) is 28.7 Å². The van der Waals surface area contributed by atoms with Gasteiger partial charge in [0.1, 0.15) is 0 Å². The van der Waals surface area contributed by atoms with Crippen LogP contribution in [0.15, 0.2) is 12.1 Å². The molecular formula is C16H27N3O7P2. The summed E-state index contributed by atoms with van der Waals surface area (Å²) in [5.41, 5.74) is 1.69. The Morgan fingerprint density at radius 1 is 1.11 bits per heavy atom. The van der Waals surface area contributed by atoms with Gasteiger partial charge >= 0.3 is 15.2 Å². The fourth-order valence-corrected chi connectivity index (χ4v) is 5.42. The number of aromatic nitrogens is 3. The summed E-state index contributed by atoms with van der Waals surface area (Å²) >= 11 is 0. The highest BCUT2D eigenvalue weighted by atomic mass is 31.2. The minimum Gasteiger partial charge on any atom is -0.477 e. The van der Waals surface area contributed by atoms with E-state index in [0.29, 0.717) is 29.5 Å². The molecule has 0 fully saturated rings. The standard InChI is InChI=1S/C16H27N3O7P2/c1-3-4-5-6-9-26-15-11-14-17-12(2)10-13(19(14)18-15)7-8-16(27(20,21)22)28(23,24)25/h10-11,16H,3-9H2,1-2H3,(H2,20,21,22)(H2,23,24,25). The predicted molar refractivity (Wildman–Crippen MR) is 104 cm³/mol. The molecule has 0 amide bonds. The topological polar surface area (TPSA) is 154 Å². The third-order valence-corrected chi connectivity index (χ3v) is 8.16. The van der Waals surface area contributed by atoms with Crippen molar-refractivity contribution in [1.82, 2.24) is 14.6 Å². The molecule has 0 saturated carbocycles. The Hall–Kier alpha value is -1.28. The molecule has 0 aliphatic carbocycles. The molecule has 2 heterocycles. The van der Waals surface area contributed by atoms with Gasteiger partial charge < -0.3 is 24.3 Å². The zero-order chi connectivity index (χ0) is 20.9. The van der Waals surface area contributed by atoms with Crippen LogP contribution in [0.1, 0.15) is 50.4 Å². The lowest BCUT2D eigenvalue weighted by atomic mass is 10.2. The van der Waals surface area contributed by atoms with Crippen LogP contribution in [0.3, 0.4) is 0 Å². The van der Waals surface area contributed by atoms with Crippen LogP contribution >= 0.6 is 15.2 Å². The summed E-state index contributed by atoms with van der Waals surface area (Å²) in [4.78, 5) is 41.5. The number of hydrogen-bond donors (Lipinski definition) is 4. The molecule has 0 unspecified atom stereocenters. The third-order valence-electron chi connectivity index (χ3n) is 4.29. The van der Waals surface area contributed by atoms with Crippen molar-refractivity contribution in [3.63, 3.8) is 0 Å². The lowest BCUT2D eigenvalue weighted by molar-refractivity contribution is 0.292. The van der Waals surface area contributed by atoms with Gasteiger partial charge in [-0.3, -0.25) is 9.13 Å². The summed E-state index contributed by atoms with van der Waals surface area (Å²) in [6, 6.07) is 3.33. The molecule has 0 aromatic carbocycles. The molecule has 0 radical (unpaired) electrons. The van der Waals surface area contributed by atoms with Crippen molar-refractivity contribution in [2.75, 3.05) is 6.61 Å². The highest BCUT2D eigenvalue weighted by Gasteiger charge is 2.42. The van der Waals surface area contributed by atoms with E-state index < -0.39 is 20.6 Å². The fraction of sp³-hybridized carbons (Fsp3) is 0.625. The molecule has 0 aliphatic heterocycles. The number of unbranched alkanes of at least 4 members (excludes halogenated alkanes) is 3. The van der Waals surface area contributed by atoms with E-state index in [4.69, 9.17) is 4.74 Å². The molecule has 0 saturated heterocycles. The van der Waals surface area contributed by atoms with E-state index in [0.717, 1.165) is 25.7 Å². The first-order chi connectivity index (χ1) is 13.0. The van der Waals surface area contributed by atoms with E-state index in [1.165, 1.54) is 4.52 Å². The summed E-state index contributed by atoms with van der Waals surface area (Å²) in [6.07, 6.45) is 3.87. The number of ether oxygens (including phenoxy) is 1. The lowest BCUT2D eigenvalue weighted by Gasteiger charge is -2.19. The number of fused-ring (bicyclic) bond motifs is 1. The molecule has 2 aromatic rings. The molecule has 10 nitrogen and oxygen atoms in total. The van der Waals surface area contributed by atoms with Crippen molar-refractivity contribution in [3.8, 4) is 5.88 Å². The normalized spacial score (nSPS) is 12.8. The van der Waals surface area contributed by atoms with E-state index in [1.54, 1.807) is 19.1 Å². The molecule has 28 heavy (non-hydrogen) atoms. The van der Waals surface area contributed by atoms with Gasteiger partial charge in [-0.15, -0.1) is 5.10 Å². The predicted octanol–water partition coefficient (Wildman–Crippen LogP) is 2.61. The Morgan fingerprint density at radius 3 is 2.39 bits per heavy atom. The van der Waals surface area contributed by atoms with Crippen molar-refractivity contribution < 1.29 is 33.4 Å². The molecule has 0 atom stereocenters. The van der Waals surface area contributed by atoms with Gasteiger partial charge in [-0.05, 0) is 32.3 Å². The van der Waals surface area contributed by atoms with E-state index in [2.05, 4.69) is 17.0 Å². The second-order valence-corrected chi connectivity index (χ2v) is 10.8. The van der Waals surface area contributed by atoms with Crippen LogP contribution in [0.25, 0.3) is 5.65 Å². The highest BCUT2D eigenvalue weighted by molar-refractivity contribution is 7.70. The Balaban J connectivity index is 2.17. The molecule has 12 heteroatoms. The maximum Gasteiger partial charge on any atom is 0.340 e. The van der Waals surface area contributed by atoms with Crippen LogP contribution in [0.2, 0.25) is 0 Å². The van der Waals surface area contributed by atoms with Crippen LogP contribution in [-0.4, -0.2) is 46.2 Å². The molecule has 0 aliphatic rings. The first-order valence-corrected chi connectivity index (χ1v) is 12.5. The Morgan fingerprint density at radius 2 is 1.79 bits per heavy atom. The number of aryl methyl sites for hydroxylation is 2.